The summed E-state index contributed by atoms with van der Waals surface area (Å²) in [6.07, 6.45) is 4.47. The molecule has 1 heterocycles. The van der Waals surface area contributed by atoms with Crippen LogP contribution in [-0.4, -0.2) is 4.68 Å². The van der Waals surface area contributed by atoms with E-state index in [0.29, 0.717) is 0 Å². The molecule has 0 saturated carbocycles. The van der Waals surface area contributed by atoms with Crippen LogP contribution in [0.4, 0.5) is 0 Å². The van der Waals surface area contributed by atoms with Crippen LogP contribution < -0.4 is 5.84 Å². The second kappa shape index (κ2) is 1.90. The lowest BCUT2D eigenvalue weighted by Gasteiger charge is -1.85. The van der Waals surface area contributed by atoms with Gasteiger partial charge in [0, 0.05) is 12.4 Å². The van der Waals surface area contributed by atoms with E-state index in [2.05, 4.69) is 6.92 Å². The number of rotatable bonds is 1. The van der Waals surface area contributed by atoms with Gasteiger partial charge in [0.2, 0.25) is 0 Å². The van der Waals surface area contributed by atoms with E-state index < -0.39 is 0 Å². The normalized spacial score (nSPS) is 9.62. The van der Waals surface area contributed by atoms with Gasteiger partial charge in [0.25, 0.3) is 0 Å². The summed E-state index contributed by atoms with van der Waals surface area (Å²) in [4.78, 5) is 0. The van der Waals surface area contributed by atoms with Crippen LogP contribution in [0.2, 0.25) is 0 Å². The van der Waals surface area contributed by atoms with Crippen molar-refractivity contribution >= 4 is 0 Å². The van der Waals surface area contributed by atoms with Crippen molar-refractivity contribution in [1.29, 1.82) is 0 Å². The summed E-state index contributed by atoms with van der Waals surface area (Å²) in [6.45, 7) is 3.70. The Kier molecular flexibility index (Phi) is 1.24. The lowest BCUT2D eigenvalue weighted by atomic mass is 10.3. The van der Waals surface area contributed by atoms with Crippen LogP contribution in [0.5, 0.6) is 0 Å². The molecule has 1 rings (SSSR count). The van der Waals surface area contributed by atoms with Crippen molar-refractivity contribution in [3.63, 3.8) is 0 Å². The SMILES string of the molecule is [CH2]Cc1ccn(N)c1. The van der Waals surface area contributed by atoms with E-state index in [-0.39, 0.29) is 0 Å². The summed E-state index contributed by atoms with van der Waals surface area (Å²) in [5.41, 5.74) is 1.17. The lowest BCUT2D eigenvalue weighted by Crippen LogP contribution is -2.02. The largest absolute Gasteiger partial charge is 0.340 e. The van der Waals surface area contributed by atoms with Gasteiger partial charge in [0.1, 0.15) is 0 Å². The Bertz CT molecular complexity index is 167. The summed E-state index contributed by atoms with van der Waals surface area (Å²) in [7, 11) is 0. The van der Waals surface area contributed by atoms with Crippen molar-refractivity contribution in [2.75, 3.05) is 5.84 Å². The second-order valence-electron chi connectivity index (χ2n) is 1.72. The van der Waals surface area contributed by atoms with Crippen molar-refractivity contribution in [3.8, 4) is 0 Å². The molecule has 0 saturated heterocycles. The predicted molar refractivity (Wildman–Crippen MR) is 33.6 cm³/mol. The number of aromatic nitrogens is 1. The Morgan fingerprint density at radius 3 is 2.75 bits per heavy atom. The first-order valence-corrected chi connectivity index (χ1v) is 2.54. The molecule has 0 aliphatic rings. The van der Waals surface area contributed by atoms with Crippen LogP contribution in [0.1, 0.15) is 5.56 Å². The molecule has 0 aliphatic carbocycles. The Morgan fingerprint density at radius 2 is 2.50 bits per heavy atom. The third-order valence-corrected chi connectivity index (χ3v) is 1.06. The lowest BCUT2D eigenvalue weighted by molar-refractivity contribution is 1.01. The predicted octanol–water partition coefficient (Wildman–Crippen LogP) is 0.578. The summed E-state index contributed by atoms with van der Waals surface area (Å²) in [5, 5.41) is 0. The van der Waals surface area contributed by atoms with Gasteiger partial charge in [-0.1, -0.05) is 0 Å². The molecule has 0 bridgehead atoms. The molecule has 0 atom stereocenters. The zero-order valence-corrected chi connectivity index (χ0v) is 4.67. The third-order valence-electron chi connectivity index (χ3n) is 1.06. The zero-order valence-electron chi connectivity index (χ0n) is 4.67. The van der Waals surface area contributed by atoms with Gasteiger partial charge in [-0.3, -0.25) is 4.68 Å². The second-order valence-corrected chi connectivity index (χ2v) is 1.72. The fourth-order valence-corrected chi connectivity index (χ4v) is 0.607. The van der Waals surface area contributed by atoms with E-state index in [1.165, 1.54) is 10.2 Å². The van der Waals surface area contributed by atoms with Crippen LogP contribution in [-0.2, 0) is 6.42 Å². The first-order valence-electron chi connectivity index (χ1n) is 2.54. The van der Waals surface area contributed by atoms with Crippen LogP contribution >= 0.6 is 0 Å². The quantitative estimate of drug-likeness (QED) is 0.525. The molecule has 0 aliphatic heterocycles. The van der Waals surface area contributed by atoms with Gasteiger partial charge in [0.15, 0.2) is 0 Å². The minimum Gasteiger partial charge on any atom is -0.340 e. The molecule has 0 spiro atoms. The molecule has 0 aromatic carbocycles. The molecule has 0 unspecified atom stereocenters. The smallest absolute Gasteiger partial charge is 0.0288 e. The summed E-state index contributed by atoms with van der Waals surface area (Å²) in [6, 6.07) is 1.95. The van der Waals surface area contributed by atoms with Crippen molar-refractivity contribution < 1.29 is 0 Å². The first kappa shape index (κ1) is 5.22. The topological polar surface area (TPSA) is 30.9 Å². The maximum absolute atomic E-state index is 5.34. The van der Waals surface area contributed by atoms with Crippen molar-refractivity contribution in [2.24, 2.45) is 0 Å². The van der Waals surface area contributed by atoms with Gasteiger partial charge < -0.3 is 5.84 Å². The Labute approximate surface area is 48.9 Å². The molecule has 8 heavy (non-hydrogen) atoms. The van der Waals surface area contributed by atoms with Gasteiger partial charge in [-0.05, 0) is 25.0 Å². The summed E-state index contributed by atoms with van der Waals surface area (Å²) < 4.78 is 1.53. The first-order chi connectivity index (χ1) is 3.83. The average molecular weight is 109 g/mol. The Balaban J connectivity index is 2.84. The van der Waals surface area contributed by atoms with Crippen LogP contribution in [0.15, 0.2) is 18.5 Å². The van der Waals surface area contributed by atoms with Gasteiger partial charge >= 0.3 is 0 Å². The highest BCUT2D eigenvalue weighted by Crippen LogP contribution is 1.96. The van der Waals surface area contributed by atoms with E-state index >= 15 is 0 Å². The van der Waals surface area contributed by atoms with E-state index in [4.69, 9.17) is 5.84 Å². The summed E-state index contributed by atoms with van der Waals surface area (Å²) >= 11 is 0. The summed E-state index contributed by atoms with van der Waals surface area (Å²) in [5.74, 6) is 5.34. The number of hydrogen-bond acceptors (Lipinski definition) is 1. The van der Waals surface area contributed by atoms with E-state index in [0.717, 1.165) is 6.42 Å². The molecule has 1 aromatic heterocycles. The van der Waals surface area contributed by atoms with Gasteiger partial charge in [-0.15, -0.1) is 0 Å². The van der Waals surface area contributed by atoms with Crippen molar-refractivity contribution in [3.05, 3.63) is 30.9 Å². The van der Waals surface area contributed by atoms with Crippen LogP contribution in [0.25, 0.3) is 0 Å². The minimum absolute atomic E-state index is 0.810. The third kappa shape index (κ3) is 0.832. The molecule has 2 nitrogen and oxygen atoms in total. The molecule has 0 fully saturated rings. The number of nitrogen functional groups attached to an aromatic ring is 1. The monoisotopic (exact) mass is 109 g/mol. The maximum Gasteiger partial charge on any atom is 0.0288 e. The fourth-order valence-electron chi connectivity index (χ4n) is 0.607. The fraction of sp³-hybridized carbons (Fsp3) is 0.167. The molecule has 2 N–H and O–H groups in total. The zero-order chi connectivity index (χ0) is 5.98. The van der Waals surface area contributed by atoms with Crippen molar-refractivity contribution in [2.45, 2.75) is 6.42 Å². The van der Waals surface area contributed by atoms with Crippen LogP contribution in [0.3, 0.4) is 0 Å². The van der Waals surface area contributed by atoms with Crippen molar-refractivity contribution in [1.82, 2.24) is 4.68 Å². The minimum atomic E-state index is 0.810. The molecular weight excluding hydrogens is 100 g/mol. The highest BCUT2D eigenvalue weighted by molar-refractivity contribution is 5.10. The van der Waals surface area contributed by atoms with E-state index in [1.54, 1.807) is 6.20 Å². The molecule has 2 heteroatoms. The number of nitrogens with zero attached hydrogens (tertiary/aromatic N) is 1. The van der Waals surface area contributed by atoms with Gasteiger partial charge in [0.05, 0.1) is 0 Å². The highest BCUT2D eigenvalue weighted by Gasteiger charge is 1.86. The van der Waals surface area contributed by atoms with E-state index in [1.807, 2.05) is 12.3 Å². The maximum atomic E-state index is 5.34. The van der Waals surface area contributed by atoms with E-state index in [9.17, 15) is 0 Å². The Hall–Kier alpha value is -0.920. The van der Waals surface area contributed by atoms with Gasteiger partial charge in [-0.25, -0.2) is 0 Å². The number of nitrogens with two attached hydrogens (primary N) is 1. The van der Waals surface area contributed by atoms with Gasteiger partial charge in [-0.2, -0.15) is 0 Å². The molecule has 43 valence electrons. The molecular formula is C6H9N2. The standard InChI is InChI=1S/C6H9N2/c1-2-6-3-4-8(7)5-6/h3-5H,1-2,7H2. The molecule has 0 amide bonds. The molecule has 1 aromatic rings. The average Bonchev–Trinajstić information content (AvgIpc) is 2.14. The molecule has 1 radical (unpaired) electrons. The Morgan fingerprint density at radius 1 is 1.75 bits per heavy atom. The highest BCUT2D eigenvalue weighted by atomic mass is 15.3. The number of hydrogen-bond donors (Lipinski definition) is 1. The van der Waals surface area contributed by atoms with Crippen LogP contribution in [0, 0.1) is 6.92 Å².